The first kappa shape index (κ1) is 27.9. The molecule has 0 spiro atoms. The molecule has 3 aromatic carbocycles. The second-order valence-electron chi connectivity index (χ2n) is 6.29. The molecule has 0 aliphatic carbocycles. The number of hydrogen-bond acceptors (Lipinski definition) is 4. The van der Waals surface area contributed by atoms with Crippen LogP contribution in [0.15, 0.2) is 78.9 Å². The topological polar surface area (TPSA) is 59.4 Å². The van der Waals surface area contributed by atoms with E-state index in [9.17, 15) is 9.90 Å². The first-order valence-corrected chi connectivity index (χ1v) is 12.3. The number of aliphatic carboxylic acids is 1. The number of benzene rings is 3. The quantitative estimate of drug-likeness (QED) is 0.321. The van der Waals surface area contributed by atoms with Crippen LogP contribution in [-0.4, -0.2) is 16.1 Å². The fraction of sp³-hybridized carbons (Fsp3) is 0.286. The Balaban J connectivity index is 0.000000841. The average molecular weight is 466 g/mol. The molecule has 176 valence electrons. The molecule has 1 aromatic heterocycles. The number of hydrogen-bond donors (Lipinski definition) is 1. The zero-order valence-electron chi connectivity index (χ0n) is 20.6. The molecule has 4 rings (SSSR count). The molecule has 4 nitrogen and oxygen atoms in total. The van der Waals surface area contributed by atoms with Gasteiger partial charge in [0.05, 0.1) is 15.8 Å². The van der Waals surface area contributed by atoms with Crippen molar-refractivity contribution < 1.29 is 14.6 Å². The molecule has 1 unspecified atom stereocenters. The summed E-state index contributed by atoms with van der Waals surface area (Å²) < 4.78 is 7.17. The summed E-state index contributed by atoms with van der Waals surface area (Å²) in [5.74, 6) is -0.557. The highest BCUT2D eigenvalue weighted by Gasteiger charge is 2.38. The maximum atomic E-state index is 12.1. The highest BCUT2D eigenvalue weighted by molar-refractivity contribution is 7.21. The first-order valence-electron chi connectivity index (χ1n) is 11.5. The summed E-state index contributed by atoms with van der Waals surface area (Å²) in [6, 6.07) is 24.3. The number of aromatic nitrogens is 1. The van der Waals surface area contributed by atoms with Gasteiger partial charge in [-0.1, -0.05) is 96.1 Å². The molecule has 0 radical (unpaired) electrons. The average Bonchev–Trinajstić information content (AvgIpc) is 3.32. The highest BCUT2D eigenvalue weighted by atomic mass is 32.1. The molecule has 5 heteroatoms. The van der Waals surface area contributed by atoms with Gasteiger partial charge in [0.15, 0.2) is 0 Å². The van der Waals surface area contributed by atoms with E-state index >= 15 is 0 Å². The molecule has 0 fully saturated rings. The van der Waals surface area contributed by atoms with Crippen molar-refractivity contribution in [3.8, 4) is 16.3 Å². The lowest BCUT2D eigenvalue weighted by Crippen LogP contribution is -2.38. The smallest absolute Gasteiger partial charge is 0.352 e. The third-order valence-electron chi connectivity index (χ3n) is 4.46. The summed E-state index contributed by atoms with van der Waals surface area (Å²) >= 11 is 1.56. The maximum Gasteiger partial charge on any atom is 0.352 e. The molecule has 0 bridgehead atoms. The van der Waals surface area contributed by atoms with E-state index in [0.717, 1.165) is 20.8 Å². The number of carbonyl (C=O) groups is 1. The summed E-state index contributed by atoms with van der Waals surface area (Å²) in [5.41, 5.74) is 0.767. The Morgan fingerprint density at radius 3 is 1.97 bits per heavy atom. The van der Waals surface area contributed by atoms with Crippen LogP contribution in [0, 0.1) is 0 Å². The number of fused-ring (bicyclic) bond motifs is 1. The Morgan fingerprint density at radius 1 is 0.818 bits per heavy atom. The van der Waals surface area contributed by atoms with Crippen molar-refractivity contribution in [2.45, 2.75) is 54.1 Å². The lowest BCUT2D eigenvalue weighted by Gasteiger charge is -2.27. The van der Waals surface area contributed by atoms with Crippen LogP contribution in [0.4, 0.5) is 0 Å². The van der Waals surface area contributed by atoms with Gasteiger partial charge in [0, 0.05) is 5.56 Å². The van der Waals surface area contributed by atoms with Gasteiger partial charge in [-0.3, -0.25) is 0 Å². The second-order valence-corrected chi connectivity index (χ2v) is 7.32. The zero-order valence-corrected chi connectivity index (χ0v) is 21.4. The molecule has 0 aliphatic heterocycles. The van der Waals surface area contributed by atoms with Gasteiger partial charge < -0.3 is 9.84 Å². The molecule has 1 atom stereocenters. The summed E-state index contributed by atoms with van der Waals surface area (Å²) in [6.45, 7) is 13.6. The van der Waals surface area contributed by atoms with Gasteiger partial charge in [-0.05, 0) is 31.2 Å². The van der Waals surface area contributed by atoms with Crippen LogP contribution in [0.1, 0.15) is 54.0 Å². The van der Waals surface area contributed by atoms with Gasteiger partial charge in [-0.25, -0.2) is 9.78 Å². The number of para-hydroxylation sites is 2. The number of carboxylic acids is 1. The van der Waals surface area contributed by atoms with Gasteiger partial charge in [-0.2, -0.15) is 0 Å². The van der Waals surface area contributed by atoms with Crippen molar-refractivity contribution in [3.05, 3.63) is 84.4 Å². The lowest BCUT2D eigenvalue weighted by molar-refractivity contribution is -0.154. The standard InChI is InChI=1S/C22H17NO3S.3C2H6/c1-22(21(24)25,15-9-3-2-4-10-15)26-18-13-7-5-11-16(18)20-23-17-12-6-8-14-19(17)27-20;3*1-2/h2-14H,1H3,(H,24,25);3*1-2H3. The van der Waals surface area contributed by atoms with Crippen molar-refractivity contribution in [1.82, 2.24) is 4.98 Å². The van der Waals surface area contributed by atoms with Crippen LogP contribution in [0.25, 0.3) is 20.8 Å². The number of nitrogens with zero attached hydrogens (tertiary/aromatic N) is 1. The van der Waals surface area contributed by atoms with Gasteiger partial charge in [0.2, 0.25) is 5.60 Å². The Labute approximate surface area is 201 Å². The molecule has 0 aliphatic rings. The van der Waals surface area contributed by atoms with Crippen molar-refractivity contribution in [2.24, 2.45) is 0 Å². The summed E-state index contributed by atoms with van der Waals surface area (Å²) in [7, 11) is 0. The van der Waals surface area contributed by atoms with Crippen molar-refractivity contribution in [2.75, 3.05) is 0 Å². The normalized spacial score (nSPS) is 11.4. The third kappa shape index (κ3) is 6.65. The molecule has 33 heavy (non-hydrogen) atoms. The molecule has 0 saturated heterocycles. The molecule has 1 N–H and O–H groups in total. The van der Waals surface area contributed by atoms with E-state index < -0.39 is 11.6 Å². The predicted octanol–water partition coefficient (Wildman–Crippen LogP) is 8.42. The van der Waals surface area contributed by atoms with Crippen LogP contribution in [-0.2, 0) is 10.4 Å². The molecule has 4 aromatic rings. The van der Waals surface area contributed by atoms with E-state index in [1.807, 2.05) is 90.1 Å². The second kappa shape index (κ2) is 14.1. The Kier molecular flexibility index (Phi) is 11.9. The van der Waals surface area contributed by atoms with E-state index in [2.05, 4.69) is 4.98 Å². The number of thiazole rings is 1. The molecular weight excluding hydrogens is 430 g/mol. The van der Waals surface area contributed by atoms with E-state index in [0.29, 0.717) is 11.3 Å². The molecule has 1 heterocycles. The van der Waals surface area contributed by atoms with Gasteiger partial charge in [-0.15, -0.1) is 11.3 Å². The van der Waals surface area contributed by atoms with Crippen molar-refractivity contribution in [1.29, 1.82) is 0 Å². The minimum Gasteiger partial charge on any atom is -0.478 e. The van der Waals surface area contributed by atoms with Gasteiger partial charge in [0.1, 0.15) is 10.8 Å². The highest BCUT2D eigenvalue weighted by Crippen LogP contribution is 2.38. The minimum atomic E-state index is -1.51. The Hall–Kier alpha value is -3.18. The largest absolute Gasteiger partial charge is 0.478 e. The first-order chi connectivity index (χ1) is 16.1. The van der Waals surface area contributed by atoms with Crippen molar-refractivity contribution in [3.63, 3.8) is 0 Å². The summed E-state index contributed by atoms with van der Waals surface area (Å²) in [4.78, 5) is 16.8. The van der Waals surface area contributed by atoms with Gasteiger partial charge >= 0.3 is 5.97 Å². The van der Waals surface area contributed by atoms with E-state index in [1.165, 1.54) is 0 Å². The number of carboxylic acid groups (broad SMARTS) is 1. The van der Waals surface area contributed by atoms with Crippen LogP contribution >= 0.6 is 11.3 Å². The van der Waals surface area contributed by atoms with E-state index in [-0.39, 0.29) is 0 Å². The molecular formula is C28H35NO3S. The van der Waals surface area contributed by atoms with E-state index in [1.54, 1.807) is 48.6 Å². The van der Waals surface area contributed by atoms with Crippen LogP contribution in [0.2, 0.25) is 0 Å². The van der Waals surface area contributed by atoms with Gasteiger partial charge in [0.25, 0.3) is 0 Å². The summed E-state index contributed by atoms with van der Waals surface area (Å²) in [6.07, 6.45) is 0. The fourth-order valence-electron chi connectivity index (χ4n) is 2.92. The Bertz CT molecular complexity index is 1080. The van der Waals surface area contributed by atoms with Crippen LogP contribution in [0.3, 0.4) is 0 Å². The van der Waals surface area contributed by atoms with E-state index in [4.69, 9.17) is 4.74 Å². The Morgan fingerprint density at radius 2 is 1.36 bits per heavy atom. The summed E-state index contributed by atoms with van der Waals surface area (Å²) in [5, 5.41) is 10.7. The minimum absolute atomic E-state index is 0.491. The monoisotopic (exact) mass is 465 g/mol. The fourth-order valence-corrected chi connectivity index (χ4v) is 3.92. The van der Waals surface area contributed by atoms with Crippen LogP contribution < -0.4 is 4.74 Å². The lowest BCUT2D eigenvalue weighted by atomic mass is 9.95. The zero-order chi connectivity index (χ0) is 24.9. The third-order valence-corrected chi connectivity index (χ3v) is 5.53. The molecule has 0 saturated carbocycles. The van der Waals surface area contributed by atoms with Crippen LogP contribution in [0.5, 0.6) is 5.75 Å². The molecule has 0 amide bonds. The van der Waals surface area contributed by atoms with Crippen molar-refractivity contribution >= 4 is 27.5 Å². The maximum absolute atomic E-state index is 12.1. The SMILES string of the molecule is CC.CC.CC.CC(Oc1ccccc1-c1nc2ccccc2s1)(C(=O)O)c1ccccc1. The number of ether oxygens (including phenoxy) is 1. The number of rotatable bonds is 5. The predicted molar refractivity (Wildman–Crippen MR) is 141 cm³/mol.